The van der Waals surface area contributed by atoms with Gasteiger partial charge in [-0.25, -0.2) is 8.42 Å². The number of hydrogen-bond donors (Lipinski definition) is 2. The molecule has 8 heteroatoms. The van der Waals surface area contributed by atoms with E-state index in [0.717, 1.165) is 38.2 Å². The van der Waals surface area contributed by atoms with Crippen molar-refractivity contribution in [1.82, 2.24) is 14.9 Å². The first-order valence-corrected chi connectivity index (χ1v) is 12.1. The number of amides is 1. The van der Waals surface area contributed by atoms with E-state index in [2.05, 4.69) is 33.0 Å². The number of likely N-dealkylation sites (tertiary alicyclic amines) is 1. The van der Waals surface area contributed by atoms with Crippen molar-refractivity contribution in [2.75, 3.05) is 33.3 Å². The SMILES string of the molecule is C#CCNS(=O)(=O)c1cccc(C(=O)NCC2CCN(Cc3ccc(OC)cc3)CC2)c1. The van der Waals surface area contributed by atoms with Gasteiger partial charge in [0.1, 0.15) is 5.75 Å². The van der Waals surface area contributed by atoms with Crippen LogP contribution in [0.1, 0.15) is 28.8 Å². The van der Waals surface area contributed by atoms with Crippen LogP contribution in [0.4, 0.5) is 0 Å². The molecule has 7 nitrogen and oxygen atoms in total. The number of nitrogens with zero attached hydrogens (tertiary/aromatic N) is 1. The van der Waals surface area contributed by atoms with Crippen molar-refractivity contribution in [3.05, 3.63) is 59.7 Å². The van der Waals surface area contributed by atoms with E-state index < -0.39 is 10.0 Å². The van der Waals surface area contributed by atoms with Gasteiger partial charge in [-0.2, -0.15) is 4.72 Å². The van der Waals surface area contributed by atoms with Crippen molar-refractivity contribution in [3.63, 3.8) is 0 Å². The molecule has 0 atom stereocenters. The molecule has 0 spiro atoms. The Kier molecular flexibility index (Phi) is 8.28. The molecule has 1 aliphatic rings. The van der Waals surface area contributed by atoms with E-state index in [4.69, 9.17) is 11.2 Å². The van der Waals surface area contributed by atoms with Crippen molar-refractivity contribution >= 4 is 15.9 Å². The molecule has 0 radical (unpaired) electrons. The van der Waals surface area contributed by atoms with Gasteiger partial charge in [-0.3, -0.25) is 9.69 Å². The van der Waals surface area contributed by atoms with E-state index in [0.29, 0.717) is 18.0 Å². The van der Waals surface area contributed by atoms with Crippen LogP contribution in [-0.2, 0) is 16.6 Å². The van der Waals surface area contributed by atoms with Crippen LogP contribution >= 0.6 is 0 Å². The number of carbonyl (C=O) groups excluding carboxylic acids is 1. The van der Waals surface area contributed by atoms with E-state index in [1.54, 1.807) is 19.2 Å². The van der Waals surface area contributed by atoms with Crippen LogP contribution in [0.2, 0.25) is 0 Å². The highest BCUT2D eigenvalue weighted by molar-refractivity contribution is 7.89. The van der Waals surface area contributed by atoms with Gasteiger partial charge in [0.2, 0.25) is 10.0 Å². The normalized spacial score (nSPS) is 15.1. The monoisotopic (exact) mass is 455 g/mol. The van der Waals surface area contributed by atoms with Gasteiger partial charge in [0.15, 0.2) is 0 Å². The van der Waals surface area contributed by atoms with Gasteiger partial charge in [-0.1, -0.05) is 24.1 Å². The molecule has 1 fully saturated rings. The van der Waals surface area contributed by atoms with Crippen LogP contribution in [0.15, 0.2) is 53.4 Å². The van der Waals surface area contributed by atoms with Crippen LogP contribution in [0.3, 0.4) is 0 Å². The molecule has 170 valence electrons. The average molecular weight is 456 g/mol. The second-order valence-corrected chi connectivity index (χ2v) is 9.60. The summed E-state index contributed by atoms with van der Waals surface area (Å²) in [5.41, 5.74) is 1.56. The number of piperidine rings is 1. The summed E-state index contributed by atoms with van der Waals surface area (Å²) >= 11 is 0. The summed E-state index contributed by atoms with van der Waals surface area (Å²) < 4.78 is 31.9. The van der Waals surface area contributed by atoms with Crippen molar-refractivity contribution in [2.24, 2.45) is 5.92 Å². The van der Waals surface area contributed by atoms with Crippen molar-refractivity contribution in [1.29, 1.82) is 0 Å². The third kappa shape index (κ3) is 6.57. The lowest BCUT2D eigenvalue weighted by atomic mass is 9.96. The second kappa shape index (κ2) is 11.1. The number of sulfonamides is 1. The number of carbonyl (C=O) groups is 1. The zero-order valence-corrected chi connectivity index (χ0v) is 19.0. The van der Waals surface area contributed by atoms with E-state index in [1.807, 2.05) is 12.1 Å². The second-order valence-electron chi connectivity index (χ2n) is 7.83. The summed E-state index contributed by atoms with van der Waals surface area (Å²) in [6.07, 6.45) is 7.11. The molecule has 0 unspecified atom stereocenters. The smallest absolute Gasteiger partial charge is 0.251 e. The third-order valence-electron chi connectivity index (χ3n) is 5.59. The number of ether oxygens (including phenoxy) is 1. The molecule has 2 aromatic carbocycles. The molecule has 1 amide bonds. The summed E-state index contributed by atoms with van der Waals surface area (Å²) in [5.74, 6) is 3.21. The van der Waals surface area contributed by atoms with Gasteiger partial charge in [0.25, 0.3) is 5.91 Å². The Labute approximate surface area is 190 Å². The predicted octanol–water partition coefficient (Wildman–Crippen LogP) is 2.25. The highest BCUT2D eigenvalue weighted by Gasteiger charge is 2.21. The minimum Gasteiger partial charge on any atom is -0.497 e. The summed E-state index contributed by atoms with van der Waals surface area (Å²) in [4.78, 5) is 15.0. The largest absolute Gasteiger partial charge is 0.497 e. The molecule has 0 aliphatic carbocycles. The first-order chi connectivity index (χ1) is 15.4. The number of nitrogens with one attached hydrogen (secondary N) is 2. The molecule has 32 heavy (non-hydrogen) atoms. The zero-order chi connectivity index (χ0) is 23.0. The van der Waals surface area contributed by atoms with Crippen LogP contribution in [0.5, 0.6) is 5.75 Å². The van der Waals surface area contributed by atoms with Gasteiger partial charge in [0, 0.05) is 18.7 Å². The Bertz CT molecular complexity index is 1050. The van der Waals surface area contributed by atoms with E-state index in [9.17, 15) is 13.2 Å². The maximum absolute atomic E-state index is 12.6. The van der Waals surface area contributed by atoms with E-state index in [-0.39, 0.29) is 17.3 Å². The fourth-order valence-electron chi connectivity index (χ4n) is 3.70. The summed E-state index contributed by atoms with van der Waals surface area (Å²) in [7, 11) is -2.07. The minimum absolute atomic E-state index is 0.0206. The van der Waals surface area contributed by atoms with Crippen LogP contribution < -0.4 is 14.8 Å². The number of rotatable bonds is 9. The number of terminal acetylenes is 1. The molecular formula is C24H29N3O4S. The summed E-state index contributed by atoms with van der Waals surface area (Å²) in [6, 6.07) is 14.1. The van der Waals surface area contributed by atoms with Crippen LogP contribution in [-0.4, -0.2) is 52.5 Å². The molecule has 0 saturated carbocycles. The lowest BCUT2D eigenvalue weighted by Gasteiger charge is -2.32. The standard InChI is InChI=1S/C24H29N3O4S/c1-3-13-26-32(29,30)23-6-4-5-21(16-23)24(28)25-17-19-11-14-27(15-12-19)18-20-7-9-22(31-2)10-8-20/h1,4-10,16,19,26H,11-15,17-18H2,2H3,(H,25,28). The Hall–Kier alpha value is -2.86. The van der Waals surface area contributed by atoms with Gasteiger partial charge < -0.3 is 10.1 Å². The van der Waals surface area contributed by atoms with Crippen molar-refractivity contribution in [3.8, 4) is 18.1 Å². The molecule has 1 aliphatic heterocycles. The summed E-state index contributed by atoms with van der Waals surface area (Å²) in [5, 5.41) is 2.95. The lowest BCUT2D eigenvalue weighted by molar-refractivity contribution is 0.0935. The van der Waals surface area contributed by atoms with Crippen LogP contribution in [0, 0.1) is 18.3 Å². The third-order valence-corrected chi connectivity index (χ3v) is 6.99. The highest BCUT2D eigenvalue weighted by atomic mass is 32.2. The maximum Gasteiger partial charge on any atom is 0.251 e. The highest BCUT2D eigenvalue weighted by Crippen LogP contribution is 2.20. The number of methoxy groups -OCH3 is 1. The van der Waals surface area contributed by atoms with Gasteiger partial charge in [-0.15, -0.1) is 6.42 Å². The molecule has 1 heterocycles. The topological polar surface area (TPSA) is 87.7 Å². The molecule has 2 N–H and O–H groups in total. The lowest BCUT2D eigenvalue weighted by Crippen LogP contribution is -2.38. The molecule has 0 aromatic heterocycles. The Balaban J connectivity index is 1.47. The molecule has 2 aromatic rings. The minimum atomic E-state index is -3.73. The van der Waals surface area contributed by atoms with Crippen molar-refractivity contribution < 1.29 is 17.9 Å². The van der Waals surface area contributed by atoms with Crippen LogP contribution in [0.25, 0.3) is 0 Å². The van der Waals surface area contributed by atoms with Gasteiger partial charge >= 0.3 is 0 Å². The van der Waals surface area contributed by atoms with Crippen molar-refractivity contribution in [2.45, 2.75) is 24.3 Å². The molecule has 0 bridgehead atoms. The fourth-order valence-corrected chi connectivity index (χ4v) is 4.68. The number of hydrogen-bond acceptors (Lipinski definition) is 5. The first kappa shape index (κ1) is 23.8. The molecule has 1 saturated heterocycles. The molecular weight excluding hydrogens is 426 g/mol. The average Bonchev–Trinajstić information content (AvgIpc) is 2.82. The fraction of sp³-hybridized carbons (Fsp3) is 0.375. The van der Waals surface area contributed by atoms with Gasteiger partial charge in [-0.05, 0) is 67.7 Å². The van der Waals surface area contributed by atoms with Gasteiger partial charge in [0.05, 0.1) is 18.6 Å². The quantitative estimate of drug-likeness (QED) is 0.567. The maximum atomic E-state index is 12.6. The summed E-state index contributed by atoms with van der Waals surface area (Å²) in [6.45, 7) is 3.32. The Morgan fingerprint density at radius 1 is 1.19 bits per heavy atom. The first-order valence-electron chi connectivity index (χ1n) is 10.6. The predicted molar refractivity (Wildman–Crippen MR) is 124 cm³/mol. The molecule has 3 rings (SSSR count). The zero-order valence-electron chi connectivity index (χ0n) is 18.2. The van der Waals surface area contributed by atoms with E-state index >= 15 is 0 Å². The number of benzene rings is 2. The Morgan fingerprint density at radius 3 is 2.56 bits per heavy atom. The van der Waals surface area contributed by atoms with E-state index in [1.165, 1.54) is 17.7 Å². The Morgan fingerprint density at radius 2 is 1.91 bits per heavy atom.